The Labute approximate surface area is 92.5 Å². The Kier molecular flexibility index (Phi) is 8.17. The number of hydrogen-bond donors (Lipinski definition) is 1. The van der Waals surface area contributed by atoms with E-state index < -0.39 is 10.0 Å². The maximum atomic E-state index is 10.0. The Morgan fingerprint density at radius 1 is 1.50 bits per heavy atom. The van der Waals surface area contributed by atoms with Crippen LogP contribution in [0.5, 0.6) is 0 Å². The Morgan fingerprint density at radius 3 is 1.88 bits per heavy atom. The molecule has 2 N–H and O–H groups in total. The summed E-state index contributed by atoms with van der Waals surface area (Å²) < 4.78 is 20.0. The van der Waals surface area contributed by atoms with E-state index in [1.807, 2.05) is 0 Å². The summed E-state index contributed by atoms with van der Waals surface area (Å²) in [5.74, 6) is 0.0903. The van der Waals surface area contributed by atoms with E-state index in [2.05, 4.69) is 5.14 Å². The zero-order valence-corrected chi connectivity index (χ0v) is 5.03. The van der Waals surface area contributed by atoms with Crippen LogP contribution in [0.2, 0.25) is 0 Å². The molecule has 0 aliphatic rings. The van der Waals surface area contributed by atoms with Gasteiger partial charge in [0, 0.05) is 0 Å². The van der Waals surface area contributed by atoms with Gasteiger partial charge in [0.2, 0.25) is 10.0 Å². The van der Waals surface area contributed by atoms with E-state index in [4.69, 9.17) is 0 Å². The summed E-state index contributed by atoms with van der Waals surface area (Å²) in [6.07, 6.45) is 0.596. The van der Waals surface area contributed by atoms with Crippen molar-refractivity contribution in [2.75, 3.05) is 5.75 Å². The van der Waals surface area contributed by atoms with Gasteiger partial charge in [-0.15, -0.1) is 0 Å². The molecular formula is C3H10KNO2S. The fourth-order valence-electron chi connectivity index (χ4n) is 0.285. The van der Waals surface area contributed by atoms with Gasteiger partial charge in [-0.3, -0.25) is 0 Å². The van der Waals surface area contributed by atoms with Gasteiger partial charge < -0.3 is 0 Å². The molecule has 0 saturated carbocycles. The molecule has 0 aromatic heterocycles. The van der Waals surface area contributed by atoms with Crippen molar-refractivity contribution in [2.45, 2.75) is 13.3 Å². The van der Waals surface area contributed by atoms with Gasteiger partial charge in [0.1, 0.15) is 0 Å². The standard InChI is InChI=1S/C3H9NO2S.K.H/c1-2-3-7(4,5)6;;/h2-3H2,1H3,(H2,4,5,6);;. The third-order valence-electron chi connectivity index (χ3n) is 0.489. The van der Waals surface area contributed by atoms with Crippen molar-refractivity contribution in [3.63, 3.8) is 0 Å². The summed E-state index contributed by atoms with van der Waals surface area (Å²) in [5.41, 5.74) is 0. The molecule has 46 valence electrons. The van der Waals surface area contributed by atoms with Crippen molar-refractivity contribution in [1.82, 2.24) is 0 Å². The molecule has 0 fully saturated rings. The molecular weight excluding hydrogens is 153 g/mol. The van der Waals surface area contributed by atoms with Gasteiger partial charge in [0.15, 0.2) is 0 Å². The SMILES string of the molecule is CCCS(N)(=O)=O.[KH]. The normalized spacial score (nSPS) is 10.2. The summed E-state index contributed by atoms with van der Waals surface area (Å²) in [4.78, 5) is 0. The maximum absolute atomic E-state index is 10.0. The third-order valence-corrected chi connectivity index (χ3v) is 1.47. The fourth-order valence-corrected chi connectivity index (χ4v) is 0.854. The predicted molar refractivity (Wildman–Crippen MR) is 35.4 cm³/mol. The van der Waals surface area contributed by atoms with E-state index in [0.717, 1.165) is 0 Å². The number of primary sulfonamides is 1. The van der Waals surface area contributed by atoms with Crippen LogP contribution >= 0.6 is 0 Å². The van der Waals surface area contributed by atoms with Gasteiger partial charge in [-0.2, -0.15) is 0 Å². The molecule has 0 amide bonds. The number of rotatable bonds is 2. The molecule has 0 atom stereocenters. The molecule has 5 heteroatoms. The van der Waals surface area contributed by atoms with Crippen molar-refractivity contribution < 1.29 is 8.42 Å². The van der Waals surface area contributed by atoms with Gasteiger partial charge in [-0.1, -0.05) is 6.92 Å². The summed E-state index contributed by atoms with van der Waals surface area (Å²) >= 11 is 0. The van der Waals surface area contributed by atoms with Gasteiger partial charge >= 0.3 is 51.4 Å². The van der Waals surface area contributed by atoms with Crippen molar-refractivity contribution in [3.05, 3.63) is 0 Å². The number of hydrogen-bond acceptors (Lipinski definition) is 2. The minimum atomic E-state index is -3.17. The quantitative estimate of drug-likeness (QED) is 0.533. The van der Waals surface area contributed by atoms with E-state index in [1.165, 1.54) is 0 Å². The second kappa shape index (κ2) is 5.34. The Bertz CT molecular complexity index is 130. The van der Waals surface area contributed by atoms with Crippen LogP contribution in [0.4, 0.5) is 0 Å². The average Bonchev–Trinajstić information content (AvgIpc) is 1.30. The van der Waals surface area contributed by atoms with Crippen LogP contribution in [0.3, 0.4) is 0 Å². The molecule has 0 aliphatic carbocycles. The molecule has 0 unspecified atom stereocenters. The van der Waals surface area contributed by atoms with Gasteiger partial charge in [0.25, 0.3) is 0 Å². The van der Waals surface area contributed by atoms with E-state index in [-0.39, 0.29) is 57.1 Å². The molecule has 0 aromatic rings. The second-order valence-electron chi connectivity index (χ2n) is 1.37. The summed E-state index contributed by atoms with van der Waals surface area (Å²) in [5, 5.41) is 4.62. The van der Waals surface area contributed by atoms with Crippen molar-refractivity contribution in [1.29, 1.82) is 0 Å². The topological polar surface area (TPSA) is 60.2 Å². The van der Waals surface area contributed by atoms with Crippen LogP contribution in [0, 0.1) is 0 Å². The van der Waals surface area contributed by atoms with E-state index >= 15 is 0 Å². The minimum absolute atomic E-state index is 0. The van der Waals surface area contributed by atoms with Gasteiger partial charge in [-0.05, 0) is 6.42 Å². The van der Waals surface area contributed by atoms with E-state index in [9.17, 15) is 8.42 Å². The second-order valence-corrected chi connectivity index (χ2v) is 3.10. The molecule has 0 saturated heterocycles. The zero-order valence-electron chi connectivity index (χ0n) is 4.22. The predicted octanol–water partition coefficient (Wildman–Crippen LogP) is -0.964. The molecule has 0 heterocycles. The Morgan fingerprint density at radius 2 is 1.88 bits per heavy atom. The number of sulfonamides is 1. The van der Waals surface area contributed by atoms with Gasteiger partial charge in [-0.25, -0.2) is 13.6 Å². The van der Waals surface area contributed by atoms with Crippen LogP contribution in [0.1, 0.15) is 13.3 Å². The molecule has 0 spiro atoms. The molecule has 8 heavy (non-hydrogen) atoms. The molecule has 0 rings (SSSR count). The summed E-state index contributed by atoms with van der Waals surface area (Å²) in [6, 6.07) is 0. The first-order valence-electron chi connectivity index (χ1n) is 2.06. The molecule has 0 radical (unpaired) electrons. The van der Waals surface area contributed by atoms with Crippen LogP contribution in [-0.4, -0.2) is 65.6 Å². The number of nitrogens with two attached hydrogens (primary N) is 1. The van der Waals surface area contributed by atoms with E-state index in [0.29, 0.717) is 6.42 Å². The summed E-state index contributed by atoms with van der Waals surface area (Å²) in [6.45, 7) is 1.77. The van der Waals surface area contributed by atoms with Crippen molar-refractivity contribution in [2.24, 2.45) is 5.14 Å². The van der Waals surface area contributed by atoms with Crippen LogP contribution in [0.15, 0.2) is 0 Å². The average molecular weight is 163 g/mol. The fraction of sp³-hybridized carbons (Fsp3) is 1.00. The third kappa shape index (κ3) is 10.5. The van der Waals surface area contributed by atoms with Crippen molar-refractivity contribution in [3.8, 4) is 0 Å². The summed E-state index contributed by atoms with van der Waals surface area (Å²) in [7, 11) is -3.17. The van der Waals surface area contributed by atoms with E-state index in [1.54, 1.807) is 6.92 Å². The first-order valence-corrected chi connectivity index (χ1v) is 3.78. The van der Waals surface area contributed by atoms with Crippen LogP contribution < -0.4 is 5.14 Å². The van der Waals surface area contributed by atoms with Crippen LogP contribution in [0.25, 0.3) is 0 Å². The zero-order chi connectivity index (χ0) is 5.91. The molecule has 0 bridgehead atoms. The molecule has 3 nitrogen and oxygen atoms in total. The Hall–Kier alpha value is 1.55. The van der Waals surface area contributed by atoms with Crippen LogP contribution in [-0.2, 0) is 10.0 Å². The monoisotopic (exact) mass is 163 g/mol. The first-order chi connectivity index (χ1) is 3.06. The Balaban J connectivity index is 0. The first kappa shape index (κ1) is 12.2. The van der Waals surface area contributed by atoms with Crippen molar-refractivity contribution >= 4 is 61.4 Å². The van der Waals surface area contributed by atoms with Gasteiger partial charge in [0.05, 0.1) is 5.75 Å². The molecule has 0 aliphatic heterocycles. The molecule has 0 aromatic carbocycles.